The van der Waals surface area contributed by atoms with Crippen LogP contribution in [0.4, 0.5) is 0 Å². The lowest BCUT2D eigenvalue weighted by atomic mass is 10.1. The number of rotatable bonds is 4. The number of amides is 1. The monoisotopic (exact) mass is 270 g/mol. The summed E-state index contributed by atoms with van der Waals surface area (Å²) in [5.41, 5.74) is 7.48. The molecule has 1 amide bonds. The molecule has 0 saturated heterocycles. The van der Waals surface area contributed by atoms with Gasteiger partial charge in [-0.15, -0.1) is 0 Å². The fourth-order valence-electron chi connectivity index (χ4n) is 1.64. The van der Waals surface area contributed by atoms with Crippen LogP contribution < -0.4 is 11.1 Å². The number of benzene rings is 1. The second-order valence-corrected chi connectivity index (χ2v) is 4.10. The molecule has 1 heterocycles. The van der Waals surface area contributed by atoms with Crippen LogP contribution in [0.2, 0.25) is 0 Å². The van der Waals surface area contributed by atoms with E-state index in [-0.39, 0.29) is 11.7 Å². The van der Waals surface area contributed by atoms with Gasteiger partial charge in [-0.1, -0.05) is 17.3 Å². The topological polar surface area (TPSA) is 101 Å². The van der Waals surface area contributed by atoms with Crippen molar-refractivity contribution in [1.29, 1.82) is 0 Å². The number of hydrogen-bond donors (Lipinski definition) is 3. The highest BCUT2D eigenvalue weighted by atomic mass is 16.4. The molecule has 102 valence electrons. The van der Waals surface area contributed by atoms with Crippen LogP contribution in [0.3, 0.4) is 0 Å². The maximum Gasteiger partial charge on any atom is 0.251 e. The van der Waals surface area contributed by atoms with Gasteiger partial charge in [0.25, 0.3) is 5.91 Å². The van der Waals surface area contributed by atoms with E-state index in [0.717, 1.165) is 5.56 Å². The summed E-state index contributed by atoms with van der Waals surface area (Å²) in [4.78, 5) is 15.8. The number of pyridine rings is 1. The van der Waals surface area contributed by atoms with Crippen LogP contribution >= 0.6 is 0 Å². The number of aromatic nitrogens is 1. The van der Waals surface area contributed by atoms with Gasteiger partial charge in [-0.25, -0.2) is 0 Å². The molecule has 20 heavy (non-hydrogen) atoms. The van der Waals surface area contributed by atoms with Crippen LogP contribution in [0.5, 0.6) is 0 Å². The SMILES string of the molecule is N/C(=N\O)c1ccc(C(=O)NCc2ccncc2)cc1. The van der Waals surface area contributed by atoms with E-state index in [2.05, 4.69) is 15.5 Å². The molecule has 1 aromatic heterocycles. The van der Waals surface area contributed by atoms with Gasteiger partial charge < -0.3 is 16.3 Å². The maximum absolute atomic E-state index is 11.9. The van der Waals surface area contributed by atoms with E-state index < -0.39 is 0 Å². The predicted molar refractivity (Wildman–Crippen MR) is 74.4 cm³/mol. The van der Waals surface area contributed by atoms with E-state index in [1.54, 1.807) is 36.7 Å². The van der Waals surface area contributed by atoms with Crippen molar-refractivity contribution in [2.24, 2.45) is 10.9 Å². The minimum atomic E-state index is -0.187. The standard InChI is InChI=1S/C14H14N4O2/c15-13(18-20)11-1-3-12(4-2-11)14(19)17-9-10-5-7-16-8-6-10/h1-8,20H,9H2,(H2,15,18)(H,17,19). The zero-order valence-electron chi connectivity index (χ0n) is 10.7. The van der Waals surface area contributed by atoms with Crippen LogP contribution in [0, 0.1) is 0 Å². The summed E-state index contributed by atoms with van der Waals surface area (Å²) in [7, 11) is 0. The van der Waals surface area contributed by atoms with E-state index in [9.17, 15) is 4.79 Å². The van der Waals surface area contributed by atoms with Crippen molar-refractivity contribution in [2.75, 3.05) is 0 Å². The van der Waals surface area contributed by atoms with Gasteiger partial charge in [0.05, 0.1) is 0 Å². The number of carbonyl (C=O) groups is 1. The Balaban J connectivity index is 1.99. The summed E-state index contributed by atoms with van der Waals surface area (Å²) >= 11 is 0. The number of oxime groups is 1. The van der Waals surface area contributed by atoms with Crippen LogP contribution in [-0.4, -0.2) is 21.9 Å². The molecule has 0 fully saturated rings. The number of carbonyl (C=O) groups excluding carboxylic acids is 1. The van der Waals surface area contributed by atoms with E-state index in [1.165, 1.54) is 0 Å². The molecular weight excluding hydrogens is 256 g/mol. The maximum atomic E-state index is 11.9. The summed E-state index contributed by atoms with van der Waals surface area (Å²) in [6.07, 6.45) is 3.35. The molecule has 6 nitrogen and oxygen atoms in total. The first-order valence-corrected chi connectivity index (χ1v) is 5.96. The highest BCUT2D eigenvalue weighted by Gasteiger charge is 2.06. The van der Waals surface area contributed by atoms with Crippen LogP contribution in [0.1, 0.15) is 21.5 Å². The first kappa shape index (κ1) is 13.5. The third-order valence-corrected chi connectivity index (χ3v) is 2.75. The number of nitrogens with one attached hydrogen (secondary N) is 1. The minimum Gasteiger partial charge on any atom is -0.409 e. The molecule has 2 aromatic rings. The third kappa shape index (κ3) is 3.32. The molecule has 0 saturated carbocycles. The van der Waals surface area contributed by atoms with E-state index in [4.69, 9.17) is 10.9 Å². The first-order valence-electron chi connectivity index (χ1n) is 5.96. The lowest BCUT2D eigenvalue weighted by Gasteiger charge is -2.06. The normalized spacial score (nSPS) is 11.1. The Morgan fingerprint density at radius 1 is 1.15 bits per heavy atom. The Hall–Kier alpha value is -2.89. The average molecular weight is 270 g/mol. The number of hydrogen-bond acceptors (Lipinski definition) is 4. The van der Waals surface area contributed by atoms with E-state index >= 15 is 0 Å². The summed E-state index contributed by atoms with van der Waals surface area (Å²) < 4.78 is 0. The fraction of sp³-hybridized carbons (Fsp3) is 0.0714. The van der Waals surface area contributed by atoms with Gasteiger partial charge in [-0.2, -0.15) is 0 Å². The van der Waals surface area contributed by atoms with E-state index in [0.29, 0.717) is 17.7 Å². The molecule has 0 bridgehead atoms. The molecule has 0 aliphatic carbocycles. The molecule has 4 N–H and O–H groups in total. The summed E-state index contributed by atoms with van der Waals surface area (Å²) in [5.74, 6) is -0.179. The molecular formula is C14H14N4O2. The van der Waals surface area contributed by atoms with Crippen molar-refractivity contribution in [3.05, 3.63) is 65.5 Å². The van der Waals surface area contributed by atoms with Crippen molar-refractivity contribution in [2.45, 2.75) is 6.54 Å². The largest absolute Gasteiger partial charge is 0.409 e. The van der Waals surface area contributed by atoms with Crippen molar-refractivity contribution in [1.82, 2.24) is 10.3 Å². The smallest absolute Gasteiger partial charge is 0.251 e. The van der Waals surface area contributed by atoms with Gasteiger partial charge in [0.1, 0.15) is 0 Å². The number of amidine groups is 1. The van der Waals surface area contributed by atoms with Crippen molar-refractivity contribution < 1.29 is 10.0 Å². The van der Waals surface area contributed by atoms with Gasteiger partial charge in [0.15, 0.2) is 5.84 Å². The Morgan fingerprint density at radius 3 is 2.35 bits per heavy atom. The molecule has 0 spiro atoms. The van der Waals surface area contributed by atoms with Crippen LogP contribution in [-0.2, 0) is 6.54 Å². The lowest BCUT2D eigenvalue weighted by Crippen LogP contribution is -2.23. The van der Waals surface area contributed by atoms with Gasteiger partial charge in [0, 0.05) is 30.1 Å². The molecule has 0 radical (unpaired) electrons. The molecule has 6 heteroatoms. The Labute approximate surface area is 115 Å². The van der Waals surface area contributed by atoms with Crippen molar-refractivity contribution in [3.63, 3.8) is 0 Å². The third-order valence-electron chi connectivity index (χ3n) is 2.75. The second-order valence-electron chi connectivity index (χ2n) is 4.10. The zero-order chi connectivity index (χ0) is 14.4. The first-order chi connectivity index (χ1) is 9.70. The molecule has 0 unspecified atom stereocenters. The number of nitrogens with zero attached hydrogens (tertiary/aromatic N) is 2. The molecule has 0 aliphatic rings. The fourth-order valence-corrected chi connectivity index (χ4v) is 1.64. The van der Waals surface area contributed by atoms with Crippen molar-refractivity contribution >= 4 is 11.7 Å². The predicted octanol–water partition coefficient (Wildman–Crippen LogP) is 1.11. The molecule has 1 aromatic carbocycles. The second kappa shape index (κ2) is 6.33. The van der Waals surface area contributed by atoms with Gasteiger partial charge in [0.2, 0.25) is 0 Å². The van der Waals surface area contributed by atoms with Gasteiger partial charge in [-0.05, 0) is 29.8 Å². The van der Waals surface area contributed by atoms with Crippen LogP contribution in [0.15, 0.2) is 53.9 Å². The quantitative estimate of drug-likeness (QED) is 0.335. The van der Waals surface area contributed by atoms with Gasteiger partial charge in [-0.3, -0.25) is 9.78 Å². The highest BCUT2D eigenvalue weighted by Crippen LogP contribution is 2.05. The summed E-state index contributed by atoms with van der Waals surface area (Å²) in [5, 5.41) is 14.3. The van der Waals surface area contributed by atoms with Crippen molar-refractivity contribution in [3.8, 4) is 0 Å². The minimum absolute atomic E-state index is 0.00810. The Kier molecular flexibility index (Phi) is 4.28. The Bertz CT molecular complexity index is 609. The Morgan fingerprint density at radius 2 is 1.75 bits per heavy atom. The molecule has 0 atom stereocenters. The average Bonchev–Trinajstić information content (AvgIpc) is 2.53. The lowest BCUT2D eigenvalue weighted by molar-refractivity contribution is 0.0951. The van der Waals surface area contributed by atoms with Crippen LogP contribution in [0.25, 0.3) is 0 Å². The molecule has 2 rings (SSSR count). The summed E-state index contributed by atoms with van der Waals surface area (Å²) in [6.45, 7) is 0.434. The van der Waals surface area contributed by atoms with Gasteiger partial charge >= 0.3 is 0 Å². The highest BCUT2D eigenvalue weighted by molar-refractivity contribution is 5.99. The van der Waals surface area contributed by atoms with E-state index in [1.807, 2.05) is 12.1 Å². The molecule has 0 aliphatic heterocycles. The summed E-state index contributed by atoms with van der Waals surface area (Å²) in [6, 6.07) is 10.2. The zero-order valence-corrected chi connectivity index (χ0v) is 10.7. The number of nitrogens with two attached hydrogens (primary N) is 1.